The largest absolute Gasteiger partial charge is 0.469 e. The molecule has 0 fully saturated rings. The zero-order valence-electron chi connectivity index (χ0n) is 12.6. The first-order valence-electron chi connectivity index (χ1n) is 7.53. The molecule has 0 saturated carbocycles. The number of hydrogen-bond acceptors (Lipinski definition) is 2. The number of benzene rings is 2. The normalized spacial score (nSPS) is 12.2. The molecule has 1 unspecified atom stereocenters. The molecule has 0 aliphatic carbocycles. The monoisotopic (exact) mass is 293 g/mol. The van der Waals surface area contributed by atoms with Crippen molar-refractivity contribution in [1.29, 1.82) is 0 Å². The maximum absolute atomic E-state index is 12.0. The maximum Gasteiger partial charge on any atom is 0.220 e. The van der Waals surface area contributed by atoms with Gasteiger partial charge in [0.05, 0.1) is 12.3 Å². The van der Waals surface area contributed by atoms with Crippen LogP contribution < -0.4 is 5.32 Å². The lowest BCUT2D eigenvalue weighted by molar-refractivity contribution is -0.121. The Kier molecular flexibility index (Phi) is 4.24. The molecule has 3 heteroatoms. The minimum Gasteiger partial charge on any atom is -0.469 e. The van der Waals surface area contributed by atoms with Crippen LogP contribution in [0.5, 0.6) is 0 Å². The van der Waals surface area contributed by atoms with Gasteiger partial charge in [0.1, 0.15) is 5.76 Å². The fourth-order valence-corrected chi connectivity index (χ4v) is 2.57. The Balaban J connectivity index is 1.62. The molecule has 1 N–H and O–H groups in total. The predicted molar refractivity (Wildman–Crippen MR) is 87.5 cm³/mol. The summed E-state index contributed by atoms with van der Waals surface area (Å²) in [6.07, 6.45) is 2.69. The molecule has 1 aromatic heterocycles. The zero-order chi connectivity index (χ0) is 15.4. The summed E-state index contributed by atoms with van der Waals surface area (Å²) in [6.45, 7) is 2.01. The van der Waals surface area contributed by atoms with Gasteiger partial charge in [-0.05, 0) is 41.5 Å². The average Bonchev–Trinajstić information content (AvgIpc) is 3.06. The van der Waals surface area contributed by atoms with E-state index >= 15 is 0 Å². The Morgan fingerprint density at radius 2 is 1.91 bits per heavy atom. The van der Waals surface area contributed by atoms with Crippen molar-refractivity contribution in [2.75, 3.05) is 0 Å². The number of amides is 1. The van der Waals surface area contributed by atoms with E-state index < -0.39 is 0 Å². The fraction of sp³-hybridized carbons (Fsp3) is 0.211. The van der Waals surface area contributed by atoms with Crippen LogP contribution in [0.2, 0.25) is 0 Å². The van der Waals surface area contributed by atoms with Crippen molar-refractivity contribution < 1.29 is 9.21 Å². The highest BCUT2D eigenvalue weighted by Gasteiger charge is 2.10. The van der Waals surface area contributed by atoms with Gasteiger partial charge in [-0.15, -0.1) is 0 Å². The Morgan fingerprint density at radius 3 is 2.68 bits per heavy atom. The van der Waals surface area contributed by atoms with E-state index in [9.17, 15) is 4.79 Å². The number of rotatable bonds is 5. The van der Waals surface area contributed by atoms with Gasteiger partial charge in [0.15, 0.2) is 0 Å². The number of carbonyl (C=O) groups is 1. The van der Waals surface area contributed by atoms with Crippen LogP contribution in [0.15, 0.2) is 65.3 Å². The molecular weight excluding hydrogens is 274 g/mol. The Morgan fingerprint density at radius 1 is 1.09 bits per heavy atom. The summed E-state index contributed by atoms with van der Waals surface area (Å²) in [7, 11) is 0. The van der Waals surface area contributed by atoms with Gasteiger partial charge < -0.3 is 9.73 Å². The lowest BCUT2D eigenvalue weighted by Crippen LogP contribution is -2.26. The van der Waals surface area contributed by atoms with E-state index in [2.05, 4.69) is 35.6 Å². The minimum atomic E-state index is -0.00583. The second-order valence-electron chi connectivity index (χ2n) is 5.48. The number of carbonyl (C=O) groups excluding carboxylic acids is 1. The molecule has 2 aromatic carbocycles. The number of fused-ring (bicyclic) bond motifs is 1. The zero-order valence-corrected chi connectivity index (χ0v) is 12.6. The second kappa shape index (κ2) is 6.48. The number of furan rings is 1. The smallest absolute Gasteiger partial charge is 0.220 e. The average molecular weight is 293 g/mol. The standard InChI is InChI=1S/C19H19NO2/c1-14(20-19(21)11-10-18-7-4-12-22-18)16-9-8-15-5-2-3-6-17(15)13-16/h2-9,12-14H,10-11H2,1H3,(H,20,21). The first kappa shape index (κ1) is 14.4. The first-order valence-corrected chi connectivity index (χ1v) is 7.53. The molecule has 0 spiro atoms. The fourth-order valence-electron chi connectivity index (χ4n) is 2.57. The SMILES string of the molecule is CC(NC(=O)CCc1ccco1)c1ccc2ccccc2c1. The topological polar surface area (TPSA) is 42.2 Å². The van der Waals surface area contributed by atoms with Crippen LogP contribution in [-0.4, -0.2) is 5.91 Å². The third-order valence-corrected chi connectivity index (χ3v) is 3.83. The van der Waals surface area contributed by atoms with E-state index in [1.807, 2.05) is 31.2 Å². The highest BCUT2D eigenvalue weighted by Crippen LogP contribution is 2.20. The molecule has 1 heterocycles. The van der Waals surface area contributed by atoms with Gasteiger partial charge >= 0.3 is 0 Å². The van der Waals surface area contributed by atoms with Crippen LogP contribution in [0.25, 0.3) is 10.8 Å². The molecule has 112 valence electrons. The van der Waals surface area contributed by atoms with Crippen molar-refractivity contribution in [2.45, 2.75) is 25.8 Å². The lowest BCUT2D eigenvalue weighted by atomic mass is 10.0. The molecule has 0 aliphatic heterocycles. The van der Waals surface area contributed by atoms with E-state index in [0.29, 0.717) is 12.8 Å². The van der Waals surface area contributed by atoms with E-state index in [1.54, 1.807) is 6.26 Å². The quantitative estimate of drug-likeness (QED) is 0.764. The molecule has 22 heavy (non-hydrogen) atoms. The van der Waals surface area contributed by atoms with Crippen molar-refractivity contribution in [3.05, 3.63) is 72.2 Å². The molecular formula is C19H19NO2. The third kappa shape index (κ3) is 3.37. The van der Waals surface area contributed by atoms with Gasteiger partial charge in [0.25, 0.3) is 0 Å². The lowest BCUT2D eigenvalue weighted by Gasteiger charge is -2.15. The molecule has 0 bridgehead atoms. The summed E-state index contributed by atoms with van der Waals surface area (Å²) < 4.78 is 5.24. The maximum atomic E-state index is 12.0. The Hall–Kier alpha value is -2.55. The van der Waals surface area contributed by atoms with Crippen LogP contribution >= 0.6 is 0 Å². The summed E-state index contributed by atoms with van der Waals surface area (Å²) in [4.78, 5) is 12.0. The van der Waals surface area contributed by atoms with Crippen molar-refractivity contribution in [1.82, 2.24) is 5.32 Å². The molecule has 3 rings (SSSR count). The van der Waals surface area contributed by atoms with Crippen LogP contribution in [0.3, 0.4) is 0 Å². The van der Waals surface area contributed by atoms with Gasteiger partial charge in [0, 0.05) is 12.8 Å². The first-order chi connectivity index (χ1) is 10.7. The van der Waals surface area contributed by atoms with E-state index in [1.165, 1.54) is 10.8 Å². The number of hydrogen-bond donors (Lipinski definition) is 1. The highest BCUT2D eigenvalue weighted by molar-refractivity contribution is 5.83. The second-order valence-corrected chi connectivity index (χ2v) is 5.48. The van der Waals surface area contributed by atoms with E-state index in [4.69, 9.17) is 4.42 Å². The van der Waals surface area contributed by atoms with Crippen LogP contribution in [0.4, 0.5) is 0 Å². The highest BCUT2D eigenvalue weighted by atomic mass is 16.3. The van der Waals surface area contributed by atoms with E-state index in [0.717, 1.165) is 11.3 Å². The van der Waals surface area contributed by atoms with Gasteiger partial charge in [-0.1, -0.05) is 36.4 Å². The van der Waals surface area contributed by atoms with Crippen molar-refractivity contribution in [3.8, 4) is 0 Å². The van der Waals surface area contributed by atoms with Crippen molar-refractivity contribution in [3.63, 3.8) is 0 Å². The Labute approximate surface area is 130 Å². The molecule has 1 atom stereocenters. The summed E-state index contributed by atoms with van der Waals surface area (Å²) in [6, 6.07) is 18.2. The summed E-state index contributed by atoms with van der Waals surface area (Å²) in [5.41, 5.74) is 1.12. The number of nitrogens with one attached hydrogen (secondary N) is 1. The molecule has 0 aliphatic rings. The predicted octanol–water partition coefficient (Wildman–Crippen LogP) is 4.24. The minimum absolute atomic E-state index is 0.00583. The molecule has 3 aromatic rings. The molecule has 3 nitrogen and oxygen atoms in total. The van der Waals surface area contributed by atoms with Gasteiger partial charge in [-0.3, -0.25) is 4.79 Å². The summed E-state index contributed by atoms with van der Waals surface area (Å²) >= 11 is 0. The summed E-state index contributed by atoms with van der Waals surface area (Å²) in [5.74, 6) is 0.880. The van der Waals surface area contributed by atoms with Crippen LogP contribution in [0, 0.1) is 0 Å². The molecule has 0 radical (unpaired) electrons. The Bertz CT molecular complexity index is 762. The molecule has 1 amide bonds. The molecule has 0 saturated heterocycles. The van der Waals surface area contributed by atoms with E-state index in [-0.39, 0.29) is 11.9 Å². The summed E-state index contributed by atoms with van der Waals surface area (Å²) in [5, 5.41) is 5.44. The van der Waals surface area contributed by atoms with Crippen molar-refractivity contribution >= 4 is 16.7 Å². The van der Waals surface area contributed by atoms with Crippen LogP contribution in [0.1, 0.15) is 30.7 Å². The van der Waals surface area contributed by atoms with Crippen molar-refractivity contribution in [2.24, 2.45) is 0 Å². The third-order valence-electron chi connectivity index (χ3n) is 3.83. The van der Waals surface area contributed by atoms with Gasteiger partial charge in [-0.2, -0.15) is 0 Å². The van der Waals surface area contributed by atoms with Gasteiger partial charge in [-0.25, -0.2) is 0 Å². The van der Waals surface area contributed by atoms with Crippen LogP contribution in [-0.2, 0) is 11.2 Å². The number of aryl methyl sites for hydroxylation is 1. The van der Waals surface area contributed by atoms with Gasteiger partial charge in [0.2, 0.25) is 5.91 Å².